The maximum absolute atomic E-state index is 13.4. The highest BCUT2D eigenvalue weighted by atomic mass is 19.1. The Hall–Kier alpha value is -1.22. The van der Waals surface area contributed by atoms with Crippen LogP contribution in [-0.2, 0) is 0 Å². The monoisotopic (exact) mass is 206 g/mol. The molecule has 15 heavy (non-hydrogen) atoms. The van der Waals surface area contributed by atoms with E-state index in [2.05, 4.69) is 11.1 Å². The molecule has 0 aromatic carbocycles. The molecule has 1 heterocycles. The molecule has 1 aliphatic rings. The topological polar surface area (TPSA) is 38.9 Å². The molecule has 3 heteroatoms. The molecule has 0 fully saturated rings. The van der Waals surface area contributed by atoms with Crippen molar-refractivity contribution >= 4 is 0 Å². The van der Waals surface area contributed by atoms with Gasteiger partial charge in [-0.15, -0.1) is 0 Å². The van der Waals surface area contributed by atoms with E-state index < -0.39 is 0 Å². The van der Waals surface area contributed by atoms with Crippen LogP contribution in [0.1, 0.15) is 37.3 Å². The molecule has 0 saturated carbocycles. The molecule has 1 aromatic heterocycles. The summed E-state index contributed by atoms with van der Waals surface area (Å²) in [6.45, 7) is 0. The molecule has 1 aliphatic carbocycles. The molecular weight excluding hydrogens is 191 g/mol. The second kappa shape index (κ2) is 4.53. The van der Waals surface area contributed by atoms with Crippen LogP contribution in [-0.4, -0.2) is 4.98 Å². The van der Waals surface area contributed by atoms with E-state index in [0.717, 1.165) is 24.8 Å². The average molecular weight is 206 g/mol. The molecule has 1 unspecified atom stereocenters. The molecule has 2 rings (SSSR count). The summed E-state index contributed by atoms with van der Waals surface area (Å²) in [5.41, 5.74) is 7.75. The van der Waals surface area contributed by atoms with E-state index in [9.17, 15) is 4.39 Å². The SMILES string of the molecule is NC(C1=CCCCC1)c1ccncc1F. The second-order valence-corrected chi connectivity index (χ2v) is 3.90. The van der Waals surface area contributed by atoms with Gasteiger partial charge in [0.2, 0.25) is 0 Å². The van der Waals surface area contributed by atoms with Crippen LogP contribution in [0.4, 0.5) is 4.39 Å². The minimum atomic E-state index is -0.309. The van der Waals surface area contributed by atoms with E-state index in [1.165, 1.54) is 12.6 Å². The van der Waals surface area contributed by atoms with Gasteiger partial charge in [0.15, 0.2) is 0 Å². The minimum absolute atomic E-state index is 0.298. The van der Waals surface area contributed by atoms with Crippen LogP contribution < -0.4 is 5.73 Å². The number of hydrogen-bond acceptors (Lipinski definition) is 2. The Balaban J connectivity index is 2.23. The number of allylic oxidation sites excluding steroid dienone is 1. The highest BCUT2D eigenvalue weighted by molar-refractivity contribution is 5.27. The van der Waals surface area contributed by atoms with Crippen molar-refractivity contribution < 1.29 is 4.39 Å². The number of nitrogens with zero attached hydrogens (tertiary/aromatic N) is 1. The van der Waals surface area contributed by atoms with Crippen molar-refractivity contribution in [1.82, 2.24) is 4.98 Å². The molecule has 2 N–H and O–H groups in total. The standard InChI is InChI=1S/C12H15FN2/c13-11-8-15-7-6-10(11)12(14)9-4-2-1-3-5-9/h4,6-8,12H,1-3,5,14H2. The van der Waals surface area contributed by atoms with Gasteiger partial charge in [-0.2, -0.15) is 0 Å². The summed E-state index contributed by atoms with van der Waals surface area (Å²) in [5, 5.41) is 0. The third-order valence-electron chi connectivity index (χ3n) is 2.86. The summed E-state index contributed by atoms with van der Waals surface area (Å²) >= 11 is 0. The lowest BCUT2D eigenvalue weighted by Gasteiger charge is -2.20. The van der Waals surface area contributed by atoms with Crippen LogP contribution in [0.3, 0.4) is 0 Å². The summed E-state index contributed by atoms with van der Waals surface area (Å²) in [5.74, 6) is -0.309. The Morgan fingerprint density at radius 1 is 1.40 bits per heavy atom. The van der Waals surface area contributed by atoms with Gasteiger partial charge in [0.25, 0.3) is 0 Å². The quantitative estimate of drug-likeness (QED) is 0.755. The van der Waals surface area contributed by atoms with Gasteiger partial charge >= 0.3 is 0 Å². The molecule has 0 saturated heterocycles. The lowest BCUT2D eigenvalue weighted by atomic mass is 9.91. The lowest BCUT2D eigenvalue weighted by Crippen LogP contribution is -2.16. The van der Waals surface area contributed by atoms with E-state index in [-0.39, 0.29) is 11.9 Å². The molecule has 0 spiro atoms. The first-order chi connectivity index (χ1) is 7.29. The molecule has 80 valence electrons. The van der Waals surface area contributed by atoms with Crippen LogP contribution in [0.5, 0.6) is 0 Å². The van der Waals surface area contributed by atoms with Crippen LogP contribution in [0, 0.1) is 5.82 Å². The van der Waals surface area contributed by atoms with Gasteiger partial charge in [0, 0.05) is 11.8 Å². The average Bonchev–Trinajstić information content (AvgIpc) is 2.30. The van der Waals surface area contributed by atoms with E-state index in [4.69, 9.17) is 5.73 Å². The fourth-order valence-electron chi connectivity index (χ4n) is 1.98. The number of hydrogen-bond donors (Lipinski definition) is 1. The van der Waals surface area contributed by atoms with Gasteiger partial charge in [-0.05, 0) is 31.7 Å². The van der Waals surface area contributed by atoms with Crippen LogP contribution in [0.2, 0.25) is 0 Å². The molecule has 1 aromatic rings. The summed E-state index contributed by atoms with van der Waals surface area (Å²) in [4.78, 5) is 3.72. The molecular formula is C12H15FN2. The van der Waals surface area contributed by atoms with E-state index in [1.807, 2.05) is 0 Å². The van der Waals surface area contributed by atoms with Gasteiger partial charge in [-0.3, -0.25) is 4.98 Å². The zero-order valence-corrected chi connectivity index (χ0v) is 8.62. The van der Waals surface area contributed by atoms with Crippen LogP contribution in [0.15, 0.2) is 30.1 Å². The maximum Gasteiger partial charge on any atom is 0.146 e. The van der Waals surface area contributed by atoms with E-state index >= 15 is 0 Å². The zero-order chi connectivity index (χ0) is 10.7. The van der Waals surface area contributed by atoms with Crippen molar-refractivity contribution in [2.75, 3.05) is 0 Å². The zero-order valence-electron chi connectivity index (χ0n) is 8.62. The first-order valence-electron chi connectivity index (χ1n) is 5.33. The predicted octanol–water partition coefficient (Wildman–Crippen LogP) is 2.72. The largest absolute Gasteiger partial charge is 0.320 e. The number of nitrogens with two attached hydrogens (primary N) is 1. The predicted molar refractivity (Wildman–Crippen MR) is 57.7 cm³/mol. The Morgan fingerprint density at radius 3 is 2.93 bits per heavy atom. The van der Waals surface area contributed by atoms with Gasteiger partial charge in [0.05, 0.1) is 12.2 Å². The van der Waals surface area contributed by atoms with E-state index in [1.54, 1.807) is 12.3 Å². The molecule has 2 nitrogen and oxygen atoms in total. The smallest absolute Gasteiger partial charge is 0.146 e. The molecule has 0 aliphatic heterocycles. The van der Waals surface area contributed by atoms with Crippen molar-refractivity contribution in [2.24, 2.45) is 5.73 Å². The number of aromatic nitrogens is 1. The summed E-state index contributed by atoms with van der Waals surface area (Å²) in [7, 11) is 0. The molecule has 0 amide bonds. The number of rotatable bonds is 2. The summed E-state index contributed by atoms with van der Waals surface area (Å²) in [6, 6.07) is 1.36. The molecule has 0 radical (unpaired) electrons. The fraction of sp³-hybridized carbons (Fsp3) is 0.417. The normalized spacial score (nSPS) is 18.4. The van der Waals surface area contributed by atoms with Crippen LogP contribution in [0.25, 0.3) is 0 Å². The summed E-state index contributed by atoms with van der Waals surface area (Å²) in [6.07, 6.45) is 9.38. The van der Waals surface area contributed by atoms with Crippen molar-refractivity contribution in [3.8, 4) is 0 Å². The minimum Gasteiger partial charge on any atom is -0.320 e. The first-order valence-corrected chi connectivity index (χ1v) is 5.33. The van der Waals surface area contributed by atoms with Crippen molar-refractivity contribution in [1.29, 1.82) is 0 Å². The Bertz CT molecular complexity index is 374. The Labute approximate surface area is 89.0 Å². The summed E-state index contributed by atoms with van der Waals surface area (Å²) < 4.78 is 13.4. The highest BCUT2D eigenvalue weighted by Crippen LogP contribution is 2.28. The third kappa shape index (κ3) is 2.23. The fourth-order valence-corrected chi connectivity index (χ4v) is 1.98. The number of halogens is 1. The van der Waals surface area contributed by atoms with Crippen LogP contribution >= 0.6 is 0 Å². The van der Waals surface area contributed by atoms with Gasteiger partial charge < -0.3 is 5.73 Å². The van der Waals surface area contributed by atoms with Crippen molar-refractivity contribution in [3.05, 3.63) is 41.5 Å². The highest BCUT2D eigenvalue weighted by Gasteiger charge is 2.16. The van der Waals surface area contributed by atoms with E-state index in [0.29, 0.717) is 5.56 Å². The van der Waals surface area contributed by atoms with Crippen molar-refractivity contribution in [3.63, 3.8) is 0 Å². The van der Waals surface area contributed by atoms with Gasteiger partial charge in [0.1, 0.15) is 5.82 Å². The number of pyridine rings is 1. The third-order valence-corrected chi connectivity index (χ3v) is 2.86. The Kier molecular flexibility index (Phi) is 3.11. The van der Waals surface area contributed by atoms with Crippen molar-refractivity contribution in [2.45, 2.75) is 31.7 Å². The molecule has 1 atom stereocenters. The second-order valence-electron chi connectivity index (χ2n) is 3.90. The Morgan fingerprint density at radius 2 is 2.27 bits per heavy atom. The lowest BCUT2D eigenvalue weighted by molar-refractivity contribution is 0.577. The van der Waals surface area contributed by atoms with Gasteiger partial charge in [-0.1, -0.05) is 11.6 Å². The van der Waals surface area contributed by atoms with Gasteiger partial charge in [-0.25, -0.2) is 4.39 Å². The molecule has 0 bridgehead atoms. The maximum atomic E-state index is 13.4. The first kappa shape index (κ1) is 10.3.